The van der Waals surface area contributed by atoms with Crippen molar-refractivity contribution >= 4 is 17.5 Å². The quantitative estimate of drug-likeness (QED) is 0.901. The van der Waals surface area contributed by atoms with Crippen LogP contribution in [-0.2, 0) is 16.0 Å². The number of carbonyl (C=O) groups excluding carboxylic acids is 1. The van der Waals surface area contributed by atoms with Gasteiger partial charge in [-0.3, -0.25) is 4.79 Å². The van der Waals surface area contributed by atoms with Crippen LogP contribution in [-0.4, -0.2) is 38.9 Å². The van der Waals surface area contributed by atoms with E-state index in [1.807, 2.05) is 0 Å². The molecule has 0 bridgehead atoms. The van der Waals surface area contributed by atoms with E-state index in [0.29, 0.717) is 42.2 Å². The number of carbonyl (C=O) groups is 1. The number of halogens is 1. The summed E-state index contributed by atoms with van der Waals surface area (Å²) in [5, 5.41) is 3.47. The van der Waals surface area contributed by atoms with Crippen molar-refractivity contribution in [3.8, 4) is 11.5 Å². The molecule has 1 saturated heterocycles. The first-order valence-electron chi connectivity index (χ1n) is 7.65. The number of amides is 1. The molecule has 0 unspecified atom stereocenters. The van der Waals surface area contributed by atoms with Crippen LogP contribution in [0.2, 0.25) is 5.02 Å². The van der Waals surface area contributed by atoms with Crippen LogP contribution in [0.4, 0.5) is 0 Å². The molecule has 1 aromatic carbocycles. The maximum atomic E-state index is 12.0. The van der Waals surface area contributed by atoms with Gasteiger partial charge in [0.05, 0.1) is 6.42 Å². The molecule has 2 heterocycles. The fourth-order valence-electron chi connectivity index (χ4n) is 2.70. The molecule has 120 valence electrons. The van der Waals surface area contributed by atoms with E-state index in [9.17, 15) is 4.79 Å². The van der Waals surface area contributed by atoms with Gasteiger partial charge in [-0.1, -0.05) is 11.6 Å². The first kappa shape index (κ1) is 15.4. The summed E-state index contributed by atoms with van der Waals surface area (Å²) < 4.78 is 16.3. The standard InChI is InChI=1S/C16H20ClNO4/c17-13-9-15-14(21-5-6-22-15)7-12(13)8-16(19)18-3-1-11-2-4-20-10-11/h7,9,11H,1-6,8,10H2,(H,18,19)/t11-/m1/s1. The molecule has 0 radical (unpaired) electrons. The number of hydrogen-bond acceptors (Lipinski definition) is 4. The van der Waals surface area contributed by atoms with Crippen molar-refractivity contribution in [3.05, 3.63) is 22.7 Å². The molecule has 6 heteroatoms. The molecule has 1 N–H and O–H groups in total. The highest BCUT2D eigenvalue weighted by molar-refractivity contribution is 6.31. The third-order valence-electron chi connectivity index (χ3n) is 3.96. The lowest BCUT2D eigenvalue weighted by Crippen LogP contribution is -2.27. The molecule has 0 aromatic heterocycles. The highest BCUT2D eigenvalue weighted by Gasteiger charge is 2.18. The first-order valence-corrected chi connectivity index (χ1v) is 8.02. The van der Waals surface area contributed by atoms with Gasteiger partial charge in [-0.05, 0) is 30.4 Å². The Morgan fingerprint density at radius 3 is 2.73 bits per heavy atom. The minimum absolute atomic E-state index is 0.0301. The molecule has 0 saturated carbocycles. The average Bonchev–Trinajstić information content (AvgIpc) is 3.01. The Morgan fingerprint density at radius 1 is 1.23 bits per heavy atom. The van der Waals surface area contributed by atoms with E-state index in [2.05, 4.69) is 5.32 Å². The Labute approximate surface area is 134 Å². The Balaban J connectivity index is 1.52. The van der Waals surface area contributed by atoms with Gasteiger partial charge in [0.25, 0.3) is 0 Å². The molecule has 1 atom stereocenters. The molecule has 0 spiro atoms. The van der Waals surface area contributed by atoms with Crippen molar-refractivity contribution in [2.45, 2.75) is 19.3 Å². The maximum Gasteiger partial charge on any atom is 0.224 e. The van der Waals surface area contributed by atoms with Crippen molar-refractivity contribution in [2.24, 2.45) is 5.92 Å². The molecule has 22 heavy (non-hydrogen) atoms. The maximum absolute atomic E-state index is 12.0. The fourth-order valence-corrected chi connectivity index (χ4v) is 2.92. The van der Waals surface area contributed by atoms with Crippen LogP contribution in [0.15, 0.2) is 12.1 Å². The van der Waals surface area contributed by atoms with E-state index in [1.54, 1.807) is 12.1 Å². The predicted octanol–water partition coefficient (Wildman–Crippen LogP) is 2.20. The first-order chi connectivity index (χ1) is 10.7. The van der Waals surface area contributed by atoms with Crippen LogP contribution >= 0.6 is 11.6 Å². The van der Waals surface area contributed by atoms with Gasteiger partial charge in [-0.2, -0.15) is 0 Å². The van der Waals surface area contributed by atoms with Gasteiger partial charge in [0, 0.05) is 30.8 Å². The topological polar surface area (TPSA) is 56.8 Å². The molecule has 1 amide bonds. The molecule has 2 aliphatic rings. The summed E-state index contributed by atoms with van der Waals surface area (Å²) in [6.45, 7) is 3.36. The Hall–Kier alpha value is -1.46. The lowest BCUT2D eigenvalue weighted by molar-refractivity contribution is -0.120. The second kappa shape index (κ2) is 7.20. The average molecular weight is 326 g/mol. The second-order valence-corrected chi connectivity index (χ2v) is 6.04. The molecular formula is C16H20ClNO4. The van der Waals surface area contributed by atoms with E-state index in [4.69, 9.17) is 25.8 Å². The smallest absolute Gasteiger partial charge is 0.224 e. The normalized spacial score (nSPS) is 20.0. The van der Waals surface area contributed by atoms with Gasteiger partial charge >= 0.3 is 0 Å². The highest BCUT2D eigenvalue weighted by atomic mass is 35.5. The summed E-state index contributed by atoms with van der Waals surface area (Å²) in [6.07, 6.45) is 2.29. The van der Waals surface area contributed by atoms with Crippen molar-refractivity contribution in [1.29, 1.82) is 0 Å². The lowest BCUT2D eigenvalue weighted by atomic mass is 10.1. The molecule has 2 aliphatic heterocycles. The summed E-state index contributed by atoms with van der Waals surface area (Å²) in [5.41, 5.74) is 0.757. The van der Waals surface area contributed by atoms with Crippen molar-refractivity contribution in [2.75, 3.05) is 33.0 Å². The summed E-state index contributed by atoms with van der Waals surface area (Å²) in [5.74, 6) is 1.83. The van der Waals surface area contributed by atoms with Crippen molar-refractivity contribution < 1.29 is 19.0 Å². The number of rotatable bonds is 5. The summed E-state index contributed by atoms with van der Waals surface area (Å²) in [4.78, 5) is 12.0. The van der Waals surface area contributed by atoms with Crippen LogP contribution in [0.1, 0.15) is 18.4 Å². The number of hydrogen-bond donors (Lipinski definition) is 1. The number of ether oxygens (including phenoxy) is 3. The Bertz CT molecular complexity index is 543. The zero-order chi connectivity index (χ0) is 15.4. The highest BCUT2D eigenvalue weighted by Crippen LogP contribution is 2.35. The van der Waals surface area contributed by atoms with E-state index >= 15 is 0 Å². The Kier molecular flexibility index (Phi) is 5.05. The Morgan fingerprint density at radius 2 is 2.00 bits per heavy atom. The van der Waals surface area contributed by atoms with Crippen LogP contribution in [0.25, 0.3) is 0 Å². The van der Waals surface area contributed by atoms with Gasteiger partial charge in [-0.25, -0.2) is 0 Å². The van der Waals surface area contributed by atoms with Crippen LogP contribution in [0.3, 0.4) is 0 Å². The van der Waals surface area contributed by atoms with Gasteiger partial charge in [0.1, 0.15) is 13.2 Å². The zero-order valence-corrected chi connectivity index (χ0v) is 13.2. The third kappa shape index (κ3) is 3.84. The fraction of sp³-hybridized carbons (Fsp3) is 0.562. The second-order valence-electron chi connectivity index (χ2n) is 5.63. The van der Waals surface area contributed by atoms with Gasteiger partial charge in [0.2, 0.25) is 5.91 Å². The largest absolute Gasteiger partial charge is 0.486 e. The SMILES string of the molecule is O=C(Cc1cc2c(cc1Cl)OCCO2)NCC[C@@H]1CCOC1. The molecule has 1 aromatic rings. The monoisotopic (exact) mass is 325 g/mol. The van der Waals surface area contributed by atoms with Crippen LogP contribution in [0, 0.1) is 5.92 Å². The van der Waals surface area contributed by atoms with Gasteiger partial charge in [0.15, 0.2) is 11.5 Å². The van der Waals surface area contributed by atoms with Crippen LogP contribution in [0.5, 0.6) is 11.5 Å². The van der Waals surface area contributed by atoms with Crippen molar-refractivity contribution in [1.82, 2.24) is 5.32 Å². The minimum Gasteiger partial charge on any atom is -0.486 e. The summed E-state index contributed by atoms with van der Waals surface area (Å²) >= 11 is 6.21. The zero-order valence-electron chi connectivity index (χ0n) is 12.4. The number of fused-ring (bicyclic) bond motifs is 1. The molecular weight excluding hydrogens is 306 g/mol. The summed E-state index contributed by atoms with van der Waals surface area (Å²) in [7, 11) is 0. The van der Waals surface area contributed by atoms with E-state index in [-0.39, 0.29) is 12.3 Å². The van der Waals surface area contributed by atoms with Gasteiger partial charge < -0.3 is 19.5 Å². The third-order valence-corrected chi connectivity index (χ3v) is 4.31. The number of benzene rings is 1. The minimum atomic E-state index is -0.0301. The molecule has 3 rings (SSSR count). The van der Waals surface area contributed by atoms with Gasteiger partial charge in [-0.15, -0.1) is 0 Å². The summed E-state index contributed by atoms with van der Waals surface area (Å²) in [6, 6.07) is 3.51. The predicted molar refractivity (Wildman–Crippen MR) is 82.7 cm³/mol. The van der Waals surface area contributed by atoms with E-state index < -0.39 is 0 Å². The van der Waals surface area contributed by atoms with E-state index in [1.165, 1.54) is 0 Å². The molecule has 5 nitrogen and oxygen atoms in total. The number of nitrogens with one attached hydrogen (secondary N) is 1. The lowest BCUT2D eigenvalue weighted by Gasteiger charge is -2.19. The molecule has 1 fully saturated rings. The molecule has 0 aliphatic carbocycles. The van der Waals surface area contributed by atoms with Crippen molar-refractivity contribution in [3.63, 3.8) is 0 Å². The van der Waals surface area contributed by atoms with E-state index in [0.717, 1.165) is 31.6 Å². The van der Waals surface area contributed by atoms with Crippen LogP contribution < -0.4 is 14.8 Å².